The lowest BCUT2D eigenvalue weighted by atomic mass is 10.1. The highest BCUT2D eigenvalue weighted by atomic mass is 16.3. The van der Waals surface area contributed by atoms with Crippen molar-refractivity contribution in [3.8, 4) is 0 Å². The highest BCUT2D eigenvalue weighted by molar-refractivity contribution is 5.97. The summed E-state index contributed by atoms with van der Waals surface area (Å²) in [5.74, 6) is 1.60. The van der Waals surface area contributed by atoms with Gasteiger partial charge in [-0.2, -0.15) is 0 Å². The van der Waals surface area contributed by atoms with E-state index in [2.05, 4.69) is 11.9 Å². The van der Waals surface area contributed by atoms with Crippen LogP contribution in [0.25, 0.3) is 0 Å². The van der Waals surface area contributed by atoms with Gasteiger partial charge < -0.3 is 10.2 Å². The highest BCUT2D eigenvalue weighted by Crippen LogP contribution is 2.08. The number of aliphatic imine (C=N–C) groups is 1. The summed E-state index contributed by atoms with van der Waals surface area (Å²) in [7, 11) is 0. The fraction of sp³-hybridized carbons (Fsp3) is 0.267. The SMILES string of the molecule is CC(CCc1ccco1)N=C(N)c1ccccc1. The Labute approximate surface area is 107 Å². The first kappa shape index (κ1) is 12.4. The largest absolute Gasteiger partial charge is 0.469 e. The maximum atomic E-state index is 5.97. The maximum absolute atomic E-state index is 5.97. The molecule has 0 aliphatic rings. The second-order valence-electron chi connectivity index (χ2n) is 4.35. The number of nitrogens with zero attached hydrogens (tertiary/aromatic N) is 1. The summed E-state index contributed by atoms with van der Waals surface area (Å²) in [4.78, 5) is 4.50. The van der Waals surface area contributed by atoms with Crippen molar-refractivity contribution in [2.45, 2.75) is 25.8 Å². The minimum Gasteiger partial charge on any atom is -0.469 e. The van der Waals surface area contributed by atoms with Crippen LogP contribution in [0, 0.1) is 0 Å². The minimum atomic E-state index is 0.190. The van der Waals surface area contributed by atoms with Crippen LogP contribution in [0.1, 0.15) is 24.7 Å². The summed E-state index contributed by atoms with van der Waals surface area (Å²) >= 11 is 0. The normalized spacial score (nSPS) is 13.5. The van der Waals surface area contributed by atoms with E-state index >= 15 is 0 Å². The molecule has 0 aliphatic heterocycles. The van der Waals surface area contributed by atoms with Gasteiger partial charge in [0.2, 0.25) is 0 Å². The van der Waals surface area contributed by atoms with Gasteiger partial charge in [0.05, 0.1) is 6.26 Å². The third kappa shape index (κ3) is 3.48. The Hall–Kier alpha value is -2.03. The Kier molecular flexibility index (Phi) is 4.18. The molecule has 1 unspecified atom stereocenters. The van der Waals surface area contributed by atoms with Crippen molar-refractivity contribution in [3.05, 3.63) is 60.1 Å². The average Bonchev–Trinajstić information content (AvgIpc) is 2.90. The van der Waals surface area contributed by atoms with Crippen molar-refractivity contribution in [3.63, 3.8) is 0 Å². The first-order chi connectivity index (χ1) is 8.75. The van der Waals surface area contributed by atoms with E-state index in [0.717, 1.165) is 24.2 Å². The molecule has 94 valence electrons. The van der Waals surface area contributed by atoms with E-state index in [9.17, 15) is 0 Å². The molecule has 18 heavy (non-hydrogen) atoms. The van der Waals surface area contributed by atoms with Gasteiger partial charge in [0.25, 0.3) is 0 Å². The summed E-state index contributed by atoms with van der Waals surface area (Å²) in [5, 5.41) is 0. The first-order valence-corrected chi connectivity index (χ1v) is 6.17. The van der Waals surface area contributed by atoms with Gasteiger partial charge in [0.1, 0.15) is 11.6 Å². The molecule has 2 aromatic rings. The monoisotopic (exact) mass is 242 g/mol. The van der Waals surface area contributed by atoms with Gasteiger partial charge in [-0.3, -0.25) is 4.99 Å². The summed E-state index contributed by atoms with van der Waals surface area (Å²) < 4.78 is 5.29. The molecule has 1 atom stereocenters. The molecule has 0 fully saturated rings. The number of hydrogen-bond acceptors (Lipinski definition) is 2. The third-order valence-electron chi connectivity index (χ3n) is 2.82. The fourth-order valence-electron chi connectivity index (χ4n) is 1.79. The zero-order valence-electron chi connectivity index (χ0n) is 10.5. The van der Waals surface area contributed by atoms with Gasteiger partial charge in [0, 0.05) is 18.0 Å². The molecule has 1 aromatic heterocycles. The molecule has 0 saturated carbocycles. The molecule has 2 rings (SSSR count). The molecule has 0 aliphatic carbocycles. The predicted octanol–water partition coefficient (Wildman–Crippen LogP) is 3.01. The van der Waals surface area contributed by atoms with Crippen LogP contribution in [-0.4, -0.2) is 11.9 Å². The topological polar surface area (TPSA) is 51.5 Å². The van der Waals surface area contributed by atoms with Crippen LogP contribution in [0.2, 0.25) is 0 Å². The molecule has 1 heterocycles. The number of nitrogens with two attached hydrogens (primary N) is 1. The zero-order chi connectivity index (χ0) is 12.8. The molecular formula is C15H18N2O. The maximum Gasteiger partial charge on any atom is 0.125 e. The van der Waals surface area contributed by atoms with Crippen LogP contribution < -0.4 is 5.73 Å². The molecule has 2 N–H and O–H groups in total. The van der Waals surface area contributed by atoms with E-state index in [1.807, 2.05) is 42.5 Å². The Balaban J connectivity index is 1.91. The zero-order valence-corrected chi connectivity index (χ0v) is 10.5. The molecule has 0 spiro atoms. The van der Waals surface area contributed by atoms with Crippen LogP contribution in [0.3, 0.4) is 0 Å². The van der Waals surface area contributed by atoms with E-state index < -0.39 is 0 Å². The lowest BCUT2D eigenvalue weighted by Crippen LogP contribution is -2.16. The molecule has 0 amide bonds. The van der Waals surface area contributed by atoms with Crippen molar-refractivity contribution >= 4 is 5.84 Å². The van der Waals surface area contributed by atoms with Crippen molar-refractivity contribution < 1.29 is 4.42 Å². The van der Waals surface area contributed by atoms with E-state index in [0.29, 0.717) is 5.84 Å². The molecule has 3 nitrogen and oxygen atoms in total. The Bertz CT molecular complexity index is 488. The van der Waals surface area contributed by atoms with Crippen LogP contribution in [0.4, 0.5) is 0 Å². The quantitative estimate of drug-likeness (QED) is 0.647. The fourth-order valence-corrected chi connectivity index (χ4v) is 1.79. The van der Waals surface area contributed by atoms with Crippen LogP contribution in [0.15, 0.2) is 58.1 Å². The molecular weight excluding hydrogens is 224 g/mol. The molecule has 0 saturated heterocycles. The molecule has 0 bridgehead atoms. The Morgan fingerprint density at radius 1 is 1.22 bits per heavy atom. The first-order valence-electron chi connectivity index (χ1n) is 6.17. The van der Waals surface area contributed by atoms with Gasteiger partial charge >= 0.3 is 0 Å². The Morgan fingerprint density at radius 3 is 2.67 bits per heavy atom. The molecule has 1 aromatic carbocycles. The van der Waals surface area contributed by atoms with E-state index in [1.54, 1.807) is 6.26 Å². The lowest BCUT2D eigenvalue weighted by molar-refractivity contribution is 0.491. The van der Waals surface area contributed by atoms with Gasteiger partial charge in [-0.15, -0.1) is 0 Å². The lowest BCUT2D eigenvalue weighted by Gasteiger charge is -2.07. The third-order valence-corrected chi connectivity index (χ3v) is 2.82. The summed E-state index contributed by atoms with van der Waals surface area (Å²) in [6, 6.07) is 13.9. The summed E-state index contributed by atoms with van der Waals surface area (Å²) in [5.41, 5.74) is 6.95. The van der Waals surface area contributed by atoms with E-state index in [1.165, 1.54) is 0 Å². The van der Waals surface area contributed by atoms with Crippen LogP contribution in [-0.2, 0) is 6.42 Å². The standard InChI is InChI=1S/C15H18N2O/c1-12(9-10-14-8-5-11-18-14)17-15(16)13-6-3-2-4-7-13/h2-8,11-12H,9-10H2,1H3,(H2,16,17). The molecule has 3 heteroatoms. The van der Waals surface area contributed by atoms with Crippen LogP contribution >= 0.6 is 0 Å². The second-order valence-corrected chi connectivity index (χ2v) is 4.35. The van der Waals surface area contributed by atoms with Gasteiger partial charge in [-0.25, -0.2) is 0 Å². The predicted molar refractivity (Wildman–Crippen MR) is 73.7 cm³/mol. The smallest absolute Gasteiger partial charge is 0.125 e. The average molecular weight is 242 g/mol. The van der Waals surface area contributed by atoms with Gasteiger partial charge in [-0.05, 0) is 25.5 Å². The van der Waals surface area contributed by atoms with Gasteiger partial charge in [0.15, 0.2) is 0 Å². The van der Waals surface area contributed by atoms with Crippen molar-refractivity contribution in [2.24, 2.45) is 10.7 Å². The van der Waals surface area contributed by atoms with Crippen molar-refractivity contribution in [1.82, 2.24) is 0 Å². The summed E-state index contributed by atoms with van der Waals surface area (Å²) in [6.07, 6.45) is 3.52. The van der Waals surface area contributed by atoms with Gasteiger partial charge in [-0.1, -0.05) is 30.3 Å². The number of benzene rings is 1. The highest BCUT2D eigenvalue weighted by Gasteiger charge is 2.04. The minimum absolute atomic E-state index is 0.190. The second kappa shape index (κ2) is 6.05. The number of rotatable bonds is 5. The number of aryl methyl sites for hydroxylation is 1. The van der Waals surface area contributed by atoms with Crippen molar-refractivity contribution in [1.29, 1.82) is 0 Å². The summed E-state index contributed by atoms with van der Waals surface area (Å²) in [6.45, 7) is 2.07. The number of furan rings is 1. The van der Waals surface area contributed by atoms with Crippen LogP contribution in [0.5, 0.6) is 0 Å². The van der Waals surface area contributed by atoms with Crippen molar-refractivity contribution in [2.75, 3.05) is 0 Å². The molecule has 0 radical (unpaired) electrons. The number of amidine groups is 1. The Morgan fingerprint density at radius 2 is 2.00 bits per heavy atom. The van der Waals surface area contributed by atoms with E-state index in [4.69, 9.17) is 10.2 Å². The van der Waals surface area contributed by atoms with E-state index in [-0.39, 0.29) is 6.04 Å². The number of hydrogen-bond donors (Lipinski definition) is 1.